The molecule has 0 saturated carbocycles. The van der Waals surface area contributed by atoms with E-state index in [1.54, 1.807) is 22.7 Å². The third kappa shape index (κ3) is 3.70. The standard InChI is InChI=1S/C26H18S2/c1-3-25(27-13-1)11-7-19-5-9-21-18-24-16-20(8-12-26-4-2-14-28-26)6-10-22(24)17-23(21)15-19/h1-18H. The Morgan fingerprint density at radius 1 is 0.464 bits per heavy atom. The minimum atomic E-state index is 1.23. The fourth-order valence-electron chi connectivity index (χ4n) is 3.37. The van der Waals surface area contributed by atoms with E-state index in [4.69, 9.17) is 0 Å². The summed E-state index contributed by atoms with van der Waals surface area (Å²) in [7, 11) is 0. The quantitative estimate of drug-likeness (QED) is 0.268. The number of fused-ring (bicyclic) bond motifs is 2. The molecule has 0 saturated heterocycles. The van der Waals surface area contributed by atoms with E-state index in [0.29, 0.717) is 0 Å². The maximum atomic E-state index is 2.29. The molecule has 0 fully saturated rings. The van der Waals surface area contributed by atoms with E-state index >= 15 is 0 Å². The third-order valence-corrected chi connectivity index (χ3v) is 6.49. The highest BCUT2D eigenvalue weighted by atomic mass is 32.1. The summed E-state index contributed by atoms with van der Waals surface area (Å²) in [5.74, 6) is 0. The lowest BCUT2D eigenvalue weighted by Gasteiger charge is -2.05. The Hall–Kier alpha value is -2.94. The SMILES string of the molecule is C(=Cc1cccs1)c1ccc2cc3cc(C=Cc4cccs4)ccc3cc2c1. The summed E-state index contributed by atoms with van der Waals surface area (Å²) in [6.07, 6.45) is 8.74. The van der Waals surface area contributed by atoms with E-state index < -0.39 is 0 Å². The zero-order valence-corrected chi connectivity index (χ0v) is 16.8. The Labute approximate surface area is 172 Å². The van der Waals surface area contributed by atoms with Gasteiger partial charge < -0.3 is 0 Å². The summed E-state index contributed by atoms with van der Waals surface area (Å²) in [4.78, 5) is 2.56. The van der Waals surface area contributed by atoms with E-state index in [9.17, 15) is 0 Å². The number of thiophene rings is 2. The number of hydrogen-bond acceptors (Lipinski definition) is 2. The van der Waals surface area contributed by atoms with Crippen molar-refractivity contribution in [2.24, 2.45) is 0 Å². The highest BCUT2D eigenvalue weighted by molar-refractivity contribution is 7.11. The number of hydrogen-bond donors (Lipinski definition) is 0. The largest absolute Gasteiger partial charge is 0.144 e. The van der Waals surface area contributed by atoms with Crippen LogP contribution in [0.4, 0.5) is 0 Å². The van der Waals surface area contributed by atoms with E-state index in [2.05, 4.69) is 108 Å². The van der Waals surface area contributed by atoms with Gasteiger partial charge in [-0.05, 0) is 92.0 Å². The maximum absolute atomic E-state index is 2.29. The lowest BCUT2D eigenvalue weighted by atomic mass is 10.00. The molecular formula is C26H18S2. The molecule has 0 unspecified atom stereocenters. The molecule has 134 valence electrons. The summed E-state index contributed by atoms with van der Waals surface area (Å²) in [5.41, 5.74) is 2.46. The second kappa shape index (κ2) is 7.59. The number of benzene rings is 3. The van der Waals surface area contributed by atoms with Crippen LogP contribution in [-0.2, 0) is 0 Å². The van der Waals surface area contributed by atoms with Gasteiger partial charge in [-0.25, -0.2) is 0 Å². The zero-order chi connectivity index (χ0) is 18.8. The van der Waals surface area contributed by atoms with Gasteiger partial charge in [0.05, 0.1) is 0 Å². The van der Waals surface area contributed by atoms with Gasteiger partial charge in [0.15, 0.2) is 0 Å². The van der Waals surface area contributed by atoms with Crippen molar-refractivity contribution in [2.75, 3.05) is 0 Å². The smallest absolute Gasteiger partial charge is 0.0270 e. The lowest BCUT2D eigenvalue weighted by Crippen LogP contribution is -1.80. The van der Waals surface area contributed by atoms with Gasteiger partial charge in [-0.3, -0.25) is 0 Å². The van der Waals surface area contributed by atoms with E-state index in [1.807, 2.05) is 0 Å². The van der Waals surface area contributed by atoms with Crippen LogP contribution in [0.1, 0.15) is 20.9 Å². The van der Waals surface area contributed by atoms with Gasteiger partial charge in [-0.15, -0.1) is 22.7 Å². The van der Waals surface area contributed by atoms with Crippen molar-refractivity contribution in [1.82, 2.24) is 0 Å². The molecule has 0 bridgehead atoms. The zero-order valence-electron chi connectivity index (χ0n) is 15.2. The molecule has 0 aliphatic carbocycles. The molecule has 28 heavy (non-hydrogen) atoms. The van der Waals surface area contributed by atoms with Gasteiger partial charge >= 0.3 is 0 Å². The Balaban J connectivity index is 1.48. The minimum Gasteiger partial charge on any atom is -0.144 e. The summed E-state index contributed by atoms with van der Waals surface area (Å²) in [6.45, 7) is 0. The molecule has 3 aromatic carbocycles. The molecule has 0 radical (unpaired) electrons. The van der Waals surface area contributed by atoms with Gasteiger partial charge in [0.2, 0.25) is 0 Å². The average molecular weight is 395 g/mol. The predicted octanol–water partition coefficient (Wildman–Crippen LogP) is 8.46. The van der Waals surface area contributed by atoms with Gasteiger partial charge in [0, 0.05) is 9.75 Å². The van der Waals surface area contributed by atoms with Gasteiger partial charge in [-0.1, -0.05) is 48.6 Å². The molecule has 5 aromatic rings. The summed E-state index contributed by atoms with van der Waals surface area (Å²) >= 11 is 3.52. The molecule has 0 N–H and O–H groups in total. The molecule has 2 heterocycles. The molecule has 0 nitrogen and oxygen atoms in total. The minimum absolute atomic E-state index is 1.23. The Bertz CT molecular complexity index is 1180. The van der Waals surface area contributed by atoms with Crippen LogP contribution in [0, 0.1) is 0 Å². The fraction of sp³-hybridized carbons (Fsp3) is 0. The fourth-order valence-corrected chi connectivity index (χ4v) is 4.61. The van der Waals surface area contributed by atoms with Gasteiger partial charge in [-0.2, -0.15) is 0 Å². The van der Waals surface area contributed by atoms with Crippen LogP contribution in [0.3, 0.4) is 0 Å². The van der Waals surface area contributed by atoms with Crippen molar-refractivity contribution >= 4 is 68.5 Å². The first-order valence-electron chi connectivity index (χ1n) is 9.24. The van der Waals surface area contributed by atoms with Crippen LogP contribution in [0.15, 0.2) is 83.6 Å². The molecule has 0 atom stereocenters. The summed E-state index contributed by atoms with van der Waals surface area (Å²) < 4.78 is 0. The highest BCUT2D eigenvalue weighted by Gasteiger charge is 2.00. The van der Waals surface area contributed by atoms with Gasteiger partial charge in [0.1, 0.15) is 0 Å². The Morgan fingerprint density at radius 2 is 0.964 bits per heavy atom. The van der Waals surface area contributed by atoms with E-state index in [-0.39, 0.29) is 0 Å². The lowest BCUT2D eigenvalue weighted by molar-refractivity contribution is 1.71. The third-order valence-electron chi connectivity index (χ3n) is 4.81. The Kier molecular flexibility index (Phi) is 4.66. The van der Waals surface area contributed by atoms with Crippen LogP contribution in [0.2, 0.25) is 0 Å². The molecule has 5 rings (SSSR count). The van der Waals surface area contributed by atoms with Crippen molar-refractivity contribution in [3.8, 4) is 0 Å². The average Bonchev–Trinajstić information content (AvgIpc) is 3.43. The van der Waals surface area contributed by atoms with Crippen LogP contribution in [0.5, 0.6) is 0 Å². The number of rotatable bonds is 4. The van der Waals surface area contributed by atoms with Crippen molar-refractivity contribution in [3.05, 3.63) is 104 Å². The highest BCUT2D eigenvalue weighted by Crippen LogP contribution is 2.26. The monoisotopic (exact) mass is 394 g/mol. The molecular weight excluding hydrogens is 376 g/mol. The molecule has 0 amide bonds. The summed E-state index contributed by atoms with van der Waals surface area (Å²) in [6, 6.07) is 26.4. The van der Waals surface area contributed by atoms with Crippen molar-refractivity contribution in [3.63, 3.8) is 0 Å². The van der Waals surface area contributed by atoms with Crippen molar-refractivity contribution in [1.29, 1.82) is 0 Å². The van der Waals surface area contributed by atoms with E-state index in [0.717, 1.165) is 0 Å². The van der Waals surface area contributed by atoms with Crippen molar-refractivity contribution in [2.45, 2.75) is 0 Å². The van der Waals surface area contributed by atoms with Crippen LogP contribution < -0.4 is 0 Å². The molecule has 0 aliphatic rings. The topological polar surface area (TPSA) is 0 Å². The first-order chi connectivity index (χ1) is 13.8. The first-order valence-corrected chi connectivity index (χ1v) is 11.0. The van der Waals surface area contributed by atoms with Crippen LogP contribution >= 0.6 is 22.7 Å². The van der Waals surface area contributed by atoms with E-state index in [1.165, 1.54) is 42.4 Å². The Morgan fingerprint density at radius 3 is 1.39 bits per heavy atom. The molecule has 2 aromatic heterocycles. The van der Waals surface area contributed by atoms with Crippen molar-refractivity contribution < 1.29 is 0 Å². The maximum Gasteiger partial charge on any atom is 0.0270 e. The molecule has 0 spiro atoms. The molecule has 0 aliphatic heterocycles. The van der Waals surface area contributed by atoms with Gasteiger partial charge in [0.25, 0.3) is 0 Å². The second-order valence-electron chi connectivity index (χ2n) is 6.76. The molecule has 2 heteroatoms. The summed E-state index contributed by atoms with van der Waals surface area (Å²) in [5, 5.41) is 9.33. The predicted molar refractivity (Wildman–Crippen MR) is 128 cm³/mol. The first kappa shape index (κ1) is 17.2. The van der Waals surface area contributed by atoms with Crippen LogP contribution in [-0.4, -0.2) is 0 Å². The normalized spacial score (nSPS) is 12.0. The second-order valence-corrected chi connectivity index (χ2v) is 8.72. The van der Waals surface area contributed by atoms with Crippen LogP contribution in [0.25, 0.3) is 45.8 Å².